The van der Waals surface area contributed by atoms with Gasteiger partial charge >= 0.3 is 0 Å². The maximum absolute atomic E-state index is 6.03. The van der Waals surface area contributed by atoms with E-state index in [4.69, 9.17) is 9.47 Å². The zero-order chi connectivity index (χ0) is 15.4. The molecule has 0 bridgehead atoms. The fraction of sp³-hybridized carbons (Fsp3) is 0.471. The molecule has 1 aliphatic rings. The first-order chi connectivity index (χ1) is 10.8. The Morgan fingerprint density at radius 2 is 2.27 bits per heavy atom. The lowest BCUT2D eigenvalue weighted by Gasteiger charge is -2.15. The number of benzene rings is 1. The minimum atomic E-state index is 0.346. The molecule has 1 aromatic heterocycles. The number of methoxy groups -OCH3 is 1. The number of aromatic nitrogens is 2. The average Bonchev–Trinajstić information content (AvgIpc) is 3.24. The van der Waals surface area contributed by atoms with Crippen LogP contribution >= 0.6 is 0 Å². The highest BCUT2D eigenvalue weighted by molar-refractivity contribution is 5.67. The van der Waals surface area contributed by atoms with Gasteiger partial charge in [-0.3, -0.25) is 5.10 Å². The molecule has 3 rings (SSSR count). The summed E-state index contributed by atoms with van der Waals surface area (Å²) in [5, 5.41) is 6.96. The molecule has 1 atom stereocenters. The first-order valence-corrected chi connectivity index (χ1v) is 7.80. The third-order valence-corrected chi connectivity index (χ3v) is 4.22. The molecule has 5 nitrogen and oxygen atoms in total. The quantitative estimate of drug-likeness (QED) is 0.891. The van der Waals surface area contributed by atoms with E-state index in [-0.39, 0.29) is 0 Å². The highest BCUT2D eigenvalue weighted by Gasteiger charge is 2.21. The molecule has 1 aliphatic heterocycles. The SMILES string of the molecule is CCN1CC[C@@H](OCc2ccc(-c3ccn[nH]3)c(OC)c2)C1. The Bertz CT molecular complexity index is 598. The number of nitrogens with one attached hydrogen (secondary N) is 1. The normalized spacial score (nSPS) is 18.7. The van der Waals surface area contributed by atoms with Crippen molar-refractivity contribution >= 4 is 0 Å². The summed E-state index contributed by atoms with van der Waals surface area (Å²) in [6.07, 6.45) is 3.21. The molecule has 1 aromatic carbocycles. The van der Waals surface area contributed by atoms with Crippen LogP contribution in [0.5, 0.6) is 5.75 Å². The van der Waals surface area contributed by atoms with Crippen molar-refractivity contribution in [3.63, 3.8) is 0 Å². The number of likely N-dealkylation sites (tertiary alicyclic amines) is 1. The van der Waals surface area contributed by atoms with Crippen LogP contribution in [-0.4, -0.2) is 47.9 Å². The van der Waals surface area contributed by atoms with Crippen LogP contribution in [0.15, 0.2) is 30.5 Å². The van der Waals surface area contributed by atoms with Gasteiger partial charge in [-0.15, -0.1) is 0 Å². The summed E-state index contributed by atoms with van der Waals surface area (Å²) in [6.45, 7) is 6.11. The number of hydrogen-bond donors (Lipinski definition) is 1. The van der Waals surface area contributed by atoms with Crippen molar-refractivity contribution in [3.05, 3.63) is 36.0 Å². The average molecular weight is 301 g/mol. The van der Waals surface area contributed by atoms with Crippen molar-refractivity contribution in [1.82, 2.24) is 15.1 Å². The van der Waals surface area contributed by atoms with Gasteiger partial charge in [-0.1, -0.05) is 13.0 Å². The third-order valence-electron chi connectivity index (χ3n) is 4.22. The van der Waals surface area contributed by atoms with Crippen molar-refractivity contribution < 1.29 is 9.47 Å². The molecular formula is C17H23N3O2. The summed E-state index contributed by atoms with van der Waals surface area (Å²) in [5.74, 6) is 0.840. The van der Waals surface area contributed by atoms with Crippen LogP contribution in [-0.2, 0) is 11.3 Å². The molecule has 5 heteroatoms. The van der Waals surface area contributed by atoms with E-state index in [0.717, 1.165) is 48.6 Å². The molecule has 0 aliphatic carbocycles. The highest BCUT2D eigenvalue weighted by atomic mass is 16.5. The summed E-state index contributed by atoms with van der Waals surface area (Å²) in [5.41, 5.74) is 3.11. The molecule has 2 heterocycles. The van der Waals surface area contributed by atoms with Crippen LogP contribution in [0.4, 0.5) is 0 Å². The Hall–Kier alpha value is -1.85. The molecule has 1 N–H and O–H groups in total. The van der Waals surface area contributed by atoms with Crippen molar-refractivity contribution in [2.24, 2.45) is 0 Å². The largest absolute Gasteiger partial charge is 0.496 e. The van der Waals surface area contributed by atoms with E-state index < -0.39 is 0 Å². The molecule has 1 fully saturated rings. The second-order valence-corrected chi connectivity index (χ2v) is 5.62. The topological polar surface area (TPSA) is 50.4 Å². The lowest BCUT2D eigenvalue weighted by molar-refractivity contribution is 0.0470. The Labute approximate surface area is 131 Å². The number of hydrogen-bond acceptors (Lipinski definition) is 4. The van der Waals surface area contributed by atoms with Gasteiger partial charge in [0.05, 0.1) is 25.5 Å². The Morgan fingerprint density at radius 3 is 2.95 bits per heavy atom. The number of aromatic amines is 1. The van der Waals surface area contributed by atoms with Crippen LogP contribution in [0.25, 0.3) is 11.3 Å². The zero-order valence-corrected chi connectivity index (χ0v) is 13.2. The van der Waals surface area contributed by atoms with Gasteiger partial charge in [-0.05, 0) is 36.7 Å². The van der Waals surface area contributed by atoms with E-state index in [0.29, 0.717) is 12.7 Å². The molecule has 1 saturated heterocycles. The minimum Gasteiger partial charge on any atom is -0.496 e. The fourth-order valence-electron chi connectivity index (χ4n) is 2.89. The van der Waals surface area contributed by atoms with E-state index in [1.807, 2.05) is 12.1 Å². The van der Waals surface area contributed by atoms with Gasteiger partial charge in [0.15, 0.2) is 0 Å². The number of ether oxygens (including phenoxy) is 2. The number of nitrogens with zero attached hydrogens (tertiary/aromatic N) is 2. The monoisotopic (exact) mass is 301 g/mol. The molecule has 0 saturated carbocycles. The second kappa shape index (κ2) is 6.94. The van der Waals surface area contributed by atoms with Crippen LogP contribution in [0.1, 0.15) is 18.9 Å². The van der Waals surface area contributed by atoms with E-state index in [1.165, 1.54) is 0 Å². The van der Waals surface area contributed by atoms with Gasteiger partial charge < -0.3 is 14.4 Å². The van der Waals surface area contributed by atoms with Crippen molar-refractivity contribution in [2.75, 3.05) is 26.7 Å². The number of likely N-dealkylation sites (N-methyl/N-ethyl adjacent to an activating group) is 1. The van der Waals surface area contributed by atoms with Crippen LogP contribution in [0.2, 0.25) is 0 Å². The maximum Gasteiger partial charge on any atom is 0.128 e. The van der Waals surface area contributed by atoms with E-state index >= 15 is 0 Å². The van der Waals surface area contributed by atoms with Crippen molar-refractivity contribution in [1.29, 1.82) is 0 Å². The maximum atomic E-state index is 6.03. The fourth-order valence-corrected chi connectivity index (χ4v) is 2.89. The molecule has 0 radical (unpaired) electrons. The minimum absolute atomic E-state index is 0.346. The predicted octanol–water partition coefficient (Wildman–Crippen LogP) is 2.70. The zero-order valence-electron chi connectivity index (χ0n) is 13.2. The third kappa shape index (κ3) is 3.31. The van der Waals surface area contributed by atoms with Gasteiger partial charge in [0.2, 0.25) is 0 Å². The molecular weight excluding hydrogens is 278 g/mol. The lowest BCUT2D eigenvalue weighted by atomic mass is 10.1. The molecule has 2 aromatic rings. The Balaban J connectivity index is 1.65. The summed E-state index contributed by atoms with van der Waals surface area (Å²) < 4.78 is 11.5. The summed E-state index contributed by atoms with van der Waals surface area (Å²) in [4.78, 5) is 2.42. The van der Waals surface area contributed by atoms with Crippen LogP contribution in [0.3, 0.4) is 0 Å². The molecule has 22 heavy (non-hydrogen) atoms. The van der Waals surface area contributed by atoms with E-state index in [2.05, 4.69) is 34.2 Å². The standard InChI is InChI=1S/C17H23N3O2/c1-3-20-9-7-14(11-20)22-12-13-4-5-15(17(10-13)21-2)16-6-8-18-19-16/h4-6,8,10,14H,3,7,9,11-12H2,1-2H3,(H,18,19)/t14-/m1/s1. The Morgan fingerprint density at radius 1 is 1.36 bits per heavy atom. The number of H-pyrrole nitrogens is 1. The van der Waals surface area contributed by atoms with Gasteiger partial charge in [0.1, 0.15) is 5.75 Å². The van der Waals surface area contributed by atoms with Gasteiger partial charge in [-0.2, -0.15) is 5.10 Å². The van der Waals surface area contributed by atoms with Gasteiger partial charge in [-0.25, -0.2) is 0 Å². The van der Waals surface area contributed by atoms with Gasteiger partial charge in [0, 0.05) is 24.8 Å². The summed E-state index contributed by atoms with van der Waals surface area (Å²) in [7, 11) is 1.69. The van der Waals surface area contributed by atoms with Crippen LogP contribution < -0.4 is 4.74 Å². The molecule has 0 amide bonds. The van der Waals surface area contributed by atoms with Crippen molar-refractivity contribution in [2.45, 2.75) is 26.1 Å². The lowest BCUT2D eigenvalue weighted by Crippen LogP contribution is -2.22. The van der Waals surface area contributed by atoms with E-state index in [9.17, 15) is 0 Å². The predicted molar refractivity (Wildman–Crippen MR) is 85.9 cm³/mol. The first-order valence-electron chi connectivity index (χ1n) is 7.80. The first kappa shape index (κ1) is 15.1. The van der Waals surface area contributed by atoms with E-state index in [1.54, 1.807) is 13.3 Å². The Kier molecular flexibility index (Phi) is 4.75. The summed E-state index contributed by atoms with van der Waals surface area (Å²) >= 11 is 0. The van der Waals surface area contributed by atoms with Crippen molar-refractivity contribution in [3.8, 4) is 17.0 Å². The number of rotatable bonds is 6. The molecule has 0 spiro atoms. The summed E-state index contributed by atoms with van der Waals surface area (Å²) in [6, 6.07) is 8.12. The molecule has 118 valence electrons. The second-order valence-electron chi connectivity index (χ2n) is 5.62. The molecule has 0 unspecified atom stereocenters. The van der Waals surface area contributed by atoms with Crippen LogP contribution in [0, 0.1) is 0 Å². The highest BCUT2D eigenvalue weighted by Crippen LogP contribution is 2.29. The smallest absolute Gasteiger partial charge is 0.128 e. The van der Waals surface area contributed by atoms with Gasteiger partial charge in [0.25, 0.3) is 0 Å².